The van der Waals surface area contributed by atoms with E-state index in [0.717, 1.165) is 23.5 Å². The van der Waals surface area contributed by atoms with Crippen LogP contribution in [0.1, 0.15) is 12.5 Å². The summed E-state index contributed by atoms with van der Waals surface area (Å²) in [6, 6.07) is 16.3. The third kappa shape index (κ3) is 2.59. The quantitative estimate of drug-likeness (QED) is 0.852. The van der Waals surface area contributed by atoms with E-state index in [4.69, 9.17) is 4.74 Å². The van der Waals surface area contributed by atoms with Gasteiger partial charge < -0.3 is 10.1 Å². The SMILES string of the molecule is CCc1ccccc1Nc1ccccc1OC. The normalized spacial score (nSPS) is 10.0. The van der Waals surface area contributed by atoms with Crippen LogP contribution in [0, 0.1) is 0 Å². The van der Waals surface area contributed by atoms with Crippen LogP contribution in [0.25, 0.3) is 0 Å². The lowest BCUT2D eigenvalue weighted by molar-refractivity contribution is 0.417. The Morgan fingerprint density at radius 1 is 0.941 bits per heavy atom. The minimum Gasteiger partial charge on any atom is -0.495 e. The fraction of sp³-hybridized carbons (Fsp3) is 0.200. The Bertz CT molecular complexity index is 448. The number of benzene rings is 2. The summed E-state index contributed by atoms with van der Waals surface area (Å²) in [5.41, 5.74) is 3.44. The molecule has 2 nitrogen and oxygen atoms in total. The molecule has 0 spiro atoms. The predicted octanol–water partition coefficient (Wildman–Crippen LogP) is 4.00. The van der Waals surface area contributed by atoms with Crippen molar-refractivity contribution in [1.82, 2.24) is 0 Å². The Morgan fingerprint density at radius 2 is 1.59 bits per heavy atom. The molecule has 2 aromatic rings. The van der Waals surface area contributed by atoms with E-state index in [-0.39, 0.29) is 0 Å². The predicted molar refractivity (Wildman–Crippen MR) is 72.1 cm³/mol. The molecule has 0 atom stereocenters. The standard InChI is InChI=1S/C15H17NO/c1-3-12-8-4-5-9-13(12)16-14-10-6-7-11-15(14)17-2/h4-11,16H,3H2,1-2H3. The zero-order chi connectivity index (χ0) is 12.1. The average molecular weight is 227 g/mol. The van der Waals surface area contributed by atoms with Gasteiger partial charge in [-0.05, 0) is 30.2 Å². The number of rotatable bonds is 4. The molecule has 2 heteroatoms. The summed E-state index contributed by atoms with van der Waals surface area (Å²) >= 11 is 0. The second-order valence-electron chi connectivity index (χ2n) is 3.84. The van der Waals surface area contributed by atoms with E-state index in [1.807, 2.05) is 30.3 Å². The minimum absolute atomic E-state index is 0.860. The van der Waals surface area contributed by atoms with Gasteiger partial charge in [0.15, 0.2) is 0 Å². The lowest BCUT2D eigenvalue weighted by Gasteiger charge is -2.13. The number of hydrogen-bond acceptors (Lipinski definition) is 2. The third-order valence-electron chi connectivity index (χ3n) is 2.77. The number of anilines is 2. The van der Waals surface area contributed by atoms with Crippen molar-refractivity contribution in [3.8, 4) is 5.75 Å². The molecule has 88 valence electrons. The highest BCUT2D eigenvalue weighted by molar-refractivity contribution is 5.68. The number of ether oxygens (including phenoxy) is 1. The summed E-state index contributed by atoms with van der Waals surface area (Å²) < 4.78 is 5.33. The van der Waals surface area contributed by atoms with Crippen LogP contribution in [0.4, 0.5) is 11.4 Å². The molecule has 0 aliphatic rings. The Balaban J connectivity index is 2.31. The first-order valence-electron chi connectivity index (χ1n) is 5.83. The molecule has 0 bridgehead atoms. The van der Waals surface area contributed by atoms with Gasteiger partial charge in [0.25, 0.3) is 0 Å². The molecule has 17 heavy (non-hydrogen) atoms. The fourth-order valence-electron chi connectivity index (χ4n) is 1.84. The zero-order valence-corrected chi connectivity index (χ0v) is 10.2. The van der Waals surface area contributed by atoms with E-state index in [1.54, 1.807) is 7.11 Å². The van der Waals surface area contributed by atoms with Crippen molar-refractivity contribution in [3.05, 3.63) is 54.1 Å². The van der Waals surface area contributed by atoms with Crippen molar-refractivity contribution in [1.29, 1.82) is 0 Å². The zero-order valence-electron chi connectivity index (χ0n) is 10.2. The molecular formula is C15H17NO. The van der Waals surface area contributed by atoms with Gasteiger partial charge in [0, 0.05) is 5.69 Å². The van der Waals surface area contributed by atoms with Crippen LogP contribution in [0.15, 0.2) is 48.5 Å². The first-order valence-corrected chi connectivity index (χ1v) is 5.83. The number of aryl methyl sites for hydroxylation is 1. The lowest BCUT2D eigenvalue weighted by Crippen LogP contribution is -1.97. The van der Waals surface area contributed by atoms with E-state index < -0.39 is 0 Å². The van der Waals surface area contributed by atoms with Crippen LogP contribution in [0.3, 0.4) is 0 Å². The van der Waals surface area contributed by atoms with E-state index in [1.165, 1.54) is 5.56 Å². The maximum Gasteiger partial charge on any atom is 0.142 e. The maximum absolute atomic E-state index is 5.33. The molecule has 0 unspecified atom stereocenters. The van der Waals surface area contributed by atoms with Crippen molar-refractivity contribution < 1.29 is 4.74 Å². The Morgan fingerprint density at radius 3 is 2.29 bits per heavy atom. The summed E-state index contributed by atoms with van der Waals surface area (Å²) in [5.74, 6) is 0.860. The largest absolute Gasteiger partial charge is 0.495 e. The van der Waals surface area contributed by atoms with Crippen LogP contribution in [-0.2, 0) is 6.42 Å². The van der Waals surface area contributed by atoms with Gasteiger partial charge in [-0.25, -0.2) is 0 Å². The molecule has 0 saturated heterocycles. The van der Waals surface area contributed by atoms with Crippen LogP contribution in [0.5, 0.6) is 5.75 Å². The molecule has 0 saturated carbocycles. The van der Waals surface area contributed by atoms with Gasteiger partial charge >= 0.3 is 0 Å². The van der Waals surface area contributed by atoms with E-state index in [2.05, 4.69) is 30.4 Å². The molecule has 0 heterocycles. The molecule has 0 fully saturated rings. The van der Waals surface area contributed by atoms with Crippen LogP contribution in [0.2, 0.25) is 0 Å². The van der Waals surface area contributed by atoms with Crippen molar-refractivity contribution in [3.63, 3.8) is 0 Å². The van der Waals surface area contributed by atoms with E-state index >= 15 is 0 Å². The van der Waals surface area contributed by atoms with Gasteiger partial charge in [-0.1, -0.05) is 37.3 Å². The smallest absolute Gasteiger partial charge is 0.142 e. The van der Waals surface area contributed by atoms with Crippen LogP contribution >= 0.6 is 0 Å². The van der Waals surface area contributed by atoms with Gasteiger partial charge in [0.05, 0.1) is 12.8 Å². The molecule has 0 radical (unpaired) electrons. The first-order chi connectivity index (χ1) is 8.35. The first kappa shape index (κ1) is 11.5. The highest BCUT2D eigenvalue weighted by Gasteiger charge is 2.04. The fourth-order valence-corrected chi connectivity index (χ4v) is 1.84. The number of methoxy groups -OCH3 is 1. The van der Waals surface area contributed by atoms with Crippen molar-refractivity contribution in [2.45, 2.75) is 13.3 Å². The average Bonchev–Trinajstić information content (AvgIpc) is 2.40. The van der Waals surface area contributed by atoms with Crippen molar-refractivity contribution in [2.75, 3.05) is 12.4 Å². The summed E-state index contributed by atoms with van der Waals surface area (Å²) in [7, 11) is 1.69. The van der Waals surface area contributed by atoms with Gasteiger partial charge in [-0.3, -0.25) is 0 Å². The summed E-state index contributed by atoms with van der Waals surface area (Å²) in [4.78, 5) is 0. The van der Waals surface area contributed by atoms with Crippen LogP contribution in [-0.4, -0.2) is 7.11 Å². The summed E-state index contributed by atoms with van der Waals surface area (Å²) in [6.45, 7) is 2.16. The summed E-state index contributed by atoms with van der Waals surface area (Å²) in [5, 5.41) is 3.42. The van der Waals surface area contributed by atoms with Gasteiger partial charge in [0.2, 0.25) is 0 Å². The van der Waals surface area contributed by atoms with Crippen LogP contribution < -0.4 is 10.1 Å². The highest BCUT2D eigenvalue weighted by Crippen LogP contribution is 2.28. The van der Waals surface area contributed by atoms with E-state index in [9.17, 15) is 0 Å². The second kappa shape index (κ2) is 5.39. The topological polar surface area (TPSA) is 21.3 Å². The van der Waals surface area contributed by atoms with Gasteiger partial charge in [0.1, 0.15) is 5.75 Å². The molecule has 1 N–H and O–H groups in total. The highest BCUT2D eigenvalue weighted by atomic mass is 16.5. The maximum atomic E-state index is 5.33. The number of hydrogen-bond donors (Lipinski definition) is 1. The number of para-hydroxylation sites is 3. The molecular weight excluding hydrogens is 210 g/mol. The number of nitrogens with one attached hydrogen (secondary N) is 1. The monoisotopic (exact) mass is 227 g/mol. The Kier molecular flexibility index (Phi) is 3.66. The molecule has 0 aromatic heterocycles. The summed E-state index contributed by atoms with van der Waals surface area (Å²) in [6.07, 6.45) is 1.01. The molecule has 2 rings (SSSR count). The Labute approximate surface area is 102 Å². The molecule has 0 amide bonds. The molecule has 0 aliphatic carbocycles. The minimum atomic E-state index is 0.860. The van der Waals surface area contributed by atoms with Crippen molar-refractivity contribution in [2.24, 2.45) is 0 Å². The third-order valence-corrected chi connectivity index (χ3v) is 2.77. The van der Waals surface area contributed by atoms with Gasteiger partial charge in [-0.2, -0.15) is 0 Å². The lowest BCUT2D eigenvalue weighted by atomic mass is 10.1. The molecule has 2 aromatic carbocycles. The van der Waals surface area contributed by atoms with Crippen molar-refractivity contribution >= 4 is 11.4 Å². The van der Waals surface area contributed by atoms with E-state index in [0.29, 0.717) is 0 Å². The van der Waals surface area contributed by atoms with Gasteiger partial charge in [-0.15, -0.1) is 0 Å². The molecule has 0 aliphatic heterocycles. The second-order valence-corrected chi connectivity index (χ2v) is 3.84. The Hall–Kier alpha value is -1.96.